The van der Waals surface area contributed by atoms with E-state index in [4.69, 9.17) is 0 Å². The minimum Gasteiger partial charge on any atom is -0.393 e. The van der Waals surface area contributed by atoms with Crippen LogP contribution in [0.15, 0.2) is 0 Å². The van der Waals surface area contributed by atoms with Gasteiger partial charge in [0.15, 0.2) is 0 Å². The van der Waals surface area contributed by atoms with Gasteiger partial charge in [-0.05, 0) is 25.7 Å². The Hall–Kier alpha value is -0.0800. The molecule has 13 heavy (non-hydrogen) atoms. The second kappa shape index (κ2) is 3.58. The molecule has 0 aromatic rings. The summed E-state index contributed by atoms with van der Waals surface area (Å²) in [5.74, 6) is 0.174. The summed E-state index contributed by atoms with van der Waals surface area (Å²) >= 11 is 0. The monoisotopic (exact) mass is 184 g/mol. The van der Waals surface area contributed by atoms with Gasteiger partial charge in [0.05, 0.1) is 11.7 Å². The molecule has 2 heteroatoms. The largest absolute Gasteiger partial charge is 0.393 e. The lowest BCUT2D eigenvalue weighted by Gasteiger charge is -2.38. The second-order valence-corrected chi connectivity index (χ2v) is 4.77. The number of aliphatic hydroxyl groups excluding tert-OH is 1. The van der Waals surface area contributed by atoms with Gasteiger partial charge < -0.3 is 10.2 Å². The molecule has 2 aliphatic carbocycles. The first-order chi connectivity index (χ1) is 6.22. The molecular formula is C11H20O2. The highest BCUT2D eigenvalue weighted by Crippen LogP contribution is 2.42. The first-order valence-corrected chi connectivity index (χ1v) is 5.63. The fraction of sp³-hybridized carbons (Fsp3) is 1.00. The van der Waals surface area contributed by atoms with Gasteiger partial charge in [-0.2, -0.15) is 0 Å². The van der Waals surface area contributed by atoms with Crippen LogP contribution in [0.5, 0.6) is 0 Å². The SMILES string of the molecule is OC1CCCC1C1(O)CCCCC1. The summed E-state index contributed by atoms with van der Waals surface area (Å²) in [6, 6.07) is 0. The summed E-state index contributed by atoms with van der Waals surface area (Å²) in [4.78, 5) is 0. The van der Waals surface area contributed by atoms with Crippen LogP contribution in [0, 0.1) is 5.92 Å². The number of hydrogen-bond donors (Lipinski definition) is 2. The highest BCUT2D eigenvalue weighted by molar-refractivity contribution is 4.95. The Morgan fingerprint density at radius 1 is 0.923 bits per heavy atom. The normalized spacial score (nSPS) is 39.2. The highest BCUT2D eigenvalue weighted by atomic mass is 16.3. The van der Waals surface area contributed by atoms with Gasteiger partial charge in [0.25, 0.3) is 0 Å². The van der Waals surface area contributed by atoms with Gasteiger partial charge in [0.1, 0.15) is 0 Å². The minimum atomic E-state index is -0.520. The van der Waals surface area contributed by atoms with E-state index in [1.807, 2.05) is 0 Å². The molecule has 2 rings (SSSR count). The number of hydrogen-bond acceptors (Lipinski definition) is 2. The molecule has 0 amide bonds. The van der Waals surface area contributed by atoms with E-state index in [0.717, 1.165) is 44.9 Å². The van der Waals surface area contributed by atoms with Crippen LogP contribution >= 0.6 is 0 Å². The van der Waals surface area contributed by atoms with E-state index in [-0.39, 0.29) is 12.0 Å². The van der Waals surface area contributed by atoms with Crippen LogP contribution in [0.4, 0.5) is 0 Å². The van der Waals surface area contributed by atoms with Crippen molar-refractivity contribution in [2.75, 3.05) is 0 Å². The molecule has 0 bridgehead atoms. The summed E-state index contributed by atoms with van der Waals surface area (Å²) in [7, 11) is 0. The fourth-order valence-electron chi connectivity index (χ4n) is 3.10. The van der Waals surface area contributed by atoms with E-state index in [9.17, 15) is 10.2 Å². The van der Waals surface area contributed by atoms with E-state index in [1.54, 1.807) is 0 Å². The average Bonchev–Trinajstić information content (AvgIpc) is 2.53. The number of rotatable bonds is 1. The van der Waals surface area contributed by atoms with Crippen molar-refractivity contribution in [1.82, 2.24) is 0 Å². The van der Waals surface area contributed by atoms with Gasteiger partial charge >= 0.3 is 0 Å². The lowest BCUT2D eigenvalue weighted by molar-refractivity contribution is -0.0820. The van der Waals surface area contributed by atoms with Crippen LogP contribution in [-0.4, -0.2) is 21.9 Å². The predicted octanol–water partition coefficient (Wildman–Crippen LogP) is 1.84. The predicted molar refractivity (Wildman–Crippen MR) is 51.4 cm³/mol. The minimum absolute atomic E-state index is 0.174. The van der Waals surface area contributed by atoms with Crippen molar-refractivity contribution in [2.45, 2.75) is 63.1 Å². The van der Waals surface area contributed by atoms with Crippen LogP contribution in [-0.2, 0) is 0 Å². The van der Waals surface area contributed by atoms with E-state index in [2.05, 4.69) is 0 Å². The van der Waals surface area contributed by atoms with E-state index in [1.165, 1.54) is 6.42 Å². The third-order valence-corrected chi connectivity index (χ3v) is 3.89. The van der Waals surface area contributed by atoms with E-state index in [0.29, 0.717) is 0 Å². The Bertz CT molecular complexity index is 173. The van der Waals surface area contributed by atoms with Crippen LogP contribution in [0.2, 0.25) is 0 Å². The average molecular weight is 184 g/mol. The van der Waals surface area contributed by atoms with Gasteiger partial charge in [-0.1, -0.05) is 25.7 Å². The molecule has 2 saturated carbocycles. The van der Waals surface area contributed by atoms with Crippen LogP contribution in [0.25, 0.3) is 0 Å². The topological polar surface area (TPSA) is 40.5 Å². The van der Waals surface area contributed by atoms with Gasteiger partial charge in [0.2, 0.25) is 0 Å². The standard InChI is InChI=1S/C11H20O2/c12-10-6-4-5-9(10)11(13)7-2-1-3-8-11/h9-10,12-13H,1-8H2. The maximum absolute atomic E-state index is 10.4. The molecule has 0 heterocycles. The van der Waals surface area contributed by atoms with Gasteiger partial charge in [-0.15, -0.1) is 0 Å². The fourth-order valence-corrected chi connectivity index (χ4v) is 3.10. The molecular weight excluding hydrogens is 164 g/mol. The van der Waals surface area contributed by atoms with E-state index < -0.39 is 5.60 Å². The maximum atomic E-state index is 10.4. The summed E-state index contributed by atoms with van der Waals surface area (Å²) in [6.45, 7) is 0. The molecule has 0 spiro atoms. The Kier molecular flexibility index (Phi) is 2.61. The lowest BCUT2D eigenvalue weighted by Crippen LogP contribution is -2.43. The molecule has 0 aromatic carbocycles. The second-order valence-electron chi connectivity index (χ2n) is 4.77. The van der Waals surface area contributed by atoms with Gasteiger partial charge in [0, 0.05) is 5.92 Å². The molecule has 2 aliphatic rings. The van der Waals surface area contributed by atoms with Crippen molar-refractivity contribution in [1.29, 1.82) is 0 Å². The van der Waals surface area contributed by atoms with Gasteiger partial charge in [-0.25, -0.2) is 0 Å². The van der Waals surface area contributed by atoms with Crippen molar-refractivity contribution in [2.24, 2.45) is 5.92 Å². The first-order valence-electron chi connectivity index (χ1n) is 5.63. The zero-order valence-electron chi connectivity index (χ0n) is 8.21. The zero-order chi connectivity index (χ0) is 9.31. The van der Waals surface area contributed by atoms with Crippen LogP contribution in [0.1, 0.15) is 51.4 Å². The lowest BCUT2D eigenvalue weighted by atomic mass is 9.74. The summed E-state index contributed by atoms with van der Waals surface area (Å²) in [6.07, 6.45) is 8.13. The Morgan fingerprint density at radius 3 is 2.15 bits per heavy atom. The smallest absolute Gasteiger partial charge is 0.0700 e. The summed E-state index contributed by atoms with van der Waals surface area (Å²) in [5.41, 5.74) is -0.520. The van der Waals surface area contributed by atoms with Gasteiger partial charge in [-0.3, -0.25) is 0 Å². The van der Waals surface area contributed by atoms with Crippen LogP contribution < -0.4 is 0 Å². The molecule has 2 unspecified atom stereocenters. The summed E-state index contributed by atoms with van der Waals surface area (Å²) < 4.78 is 0. The van der Waals surface area contributed by atoms with Crippen molar-refractivity contribution in [3.63, 3.8) is 0 Å². The van der Waals surface area contributed by atoms with Crippen molar-refractivity contribution in [3.05, 3.63) is 0 Å². The highest BCUT2D eigenvalue weighted by Gasteiger charge is 2.43. The van der Waals surface area contributed by atoms with E-state index >= 15 is 0 Å². The molecule has 2 fully saturated rings. The number of aliphatic hydroxyl groups is 2. The molecule has 76 valence electrons. The molecule has 0 aliphatic heterocycles. The van der Waals surface area contributed by atoms with Crippen LogP contribution in [0.3, 0.4) is 0 Å². The first kappa shape index (κ1) is 9.47. The summed E-state index contributed by atoms with van der Waals surface area (Å²) in [5, 5.41) is 20.1. The molecule has 2 atom stereocenters. The third kappa shape index (κ3) is 1.75. The molecule has 0 saturated heterocycles. The van der Waals surface area contributed by atoms with Crippen molar-refractivity contribution < 1.29 is 10.2 Å². The molecule has 2 nitrogen and oxygen atoms in total. The quantitative estimate of drug-likeness (QED) is 0.653. The molecule has 0 aromatic heterocycles. The Balaban J connectivity index is 2.03. The Labute approximate surface area is 80.0 Å². The third-order valence-electron chi connectivity index (χ3n) is 3.89. The molecule has 0 radical (unpaired) electrons. The molecule has 2 N–H and O–H groups in total. The zero-order valence-corrected chi connectivity index (χ0v) is 8.21. The maximum Gasteiger partial charge on any atom is 0.0700 e. The van der Waals surface area contributed by atoms with Crippen molar-refractivity contribution >= 4 is 0 Å². The van der Waals surface area contributed by atoms with Crippen molar-refractivity contribution in [3.8, 4) is 0 Å². The Morgan fingerprint density at radius 2 is 1.62 bits per heavy atom.